The van der Waals surface area contributed by atoms with E-state index in [9.17, 15) is 13.2 Å². The molecule has 12 heteroatoms. The number of nitrogens with zero attached hydrogens (tertiary/aromatic N) is 3. The minimum Gasteiger partial charge on any atom is -0.389 e. The smallest absolute Gasteiger partial charge is 0.280 e. The van der Waals surface area contributed by atoms with E-state index < -0.39 is 15.7 Å². The summed E-state index contributed by atoms with van der Waals surface area (Å²) >= 11 is 3.07. The van der Waals surface area contributed by atoms with Crippen LogP contribution in [0.25, 0.3) is 0 Å². The number of thioether (sulfide) groups is 1. The molecule has 1 amide bonds. The highest BCUT2D eigenvalue weighted by molar-refractivity contribution is 8.01. The summed E-state index contributed by atoms with van der Waals surface area (Å²) in [4.78, 5) is 25.3. The Morgan fingerprint density at radius 3 is 2.71 bits per heavy atom. The number of ether oxygens (including phenoxy) is 1. The molecule has 1 aromatic carbocycles. The standard InChI is InChI=1S/C22H28N4O5S3/c1-26(2)10-12-32-19-13-23-22(33-19)24-21(27)20(25-31-16-9-11-30-14-16)15-3-5-17(6-4-15)34(28,29)18-7-8-18/h3-6,13,16,18H,7-12,14H2,1-2H3,(H,23,24,27)/t16-/m1/s1. The number of thiazole rings is 1. The lowest BCUT2D eigenvalue weighted by Crippen LogP contribution is -2.25. The monoisotopic (exact) mass is 524 g/mol. The van der Waals surface area contributed by atoms with Crippen molar-refractivity contribution in [3.05, 3.63) is 36.0 Å². The van der Waals surface area contributed by atoms with Crippen LogP contribution in [-0.4, -0.2) is 80.9 Å². The van der Waals surface area contributed by atoms with E-state index >= 15 is 0 Å². The SMILES string of the molecule is CN(C)CCSc1cnc(NC(=O)C(=NO[C@@H]2CCOC2)c2ccc(S(=O)(=O)C3CC3)cc2)s1. The maximum atomic E-state index is 13.1. The van der Waals surface area contributed by atoms with E-state index in [1.54, 1.807) is 30.1 Å². The Kier molecular flexibility index (Phi) is 8.25. The van der Waals surface area contributed by atoms with Crippen LogP contribution >= 0.6 is 23.1 Å². The molecule has 0 spiro atoms. The van der Waals surface area contributed by atoms with Crippen molar-refractivity contribution in [1.82, 2.24) is 9.88 Å². The second kappa shape index (κ2) is 11.2. The van der Waals surface area contributed by atoms with Crippen LogP contribution in [0.15, 0.2) is 44.7 Å². The molecule has 1 N–H and O–H groups in total. The van der Waals surface area contributed by atoms with Crippen molar-refractivity contribution in [3.8, 4) is 0 Å². The van der Waals surface area contributed by atoms with Crippen molar-refractivity contribution in [2.45, 2.75) is 39.7 Å². The summed E-state index contributed by atoms with van der Waals surface area (Å²) < 4.78 is 31.3. The molecule has 1 aromatic heterocycles. The number of carbonyl (C=O) groups is 1. The van der Waals surface area contributed by atoms with Crippen molar-refractivity contribution < 1.29 is 22.8 Å². The van der Waals surface area contributed by atoms with Crippen LogP contribution in [0.1, 0.15) is 24.8 Å². The quantitative estimate of drug-likeness (QED) is 0.271. The number of oxime groups is 1. The molecule has 9 nitrogen and oxygen atoms in total. The third-order valence-electron chi connectivity index (χ3n) is 5.30. The van der Waals surface area contributed by atoms with Crippen molar-refractivity contribution in [1.29, 1.82) is 0 Å². The van der Waals surface area contributed by atoms with Crippen molar-refractivity contribution in [2.75, 3.05) is 44.9 Å². The number of rotatable bonds is 11. The van der Waals surface area contributed by atoms with Gasteiger partial charge in [-0.05, 0) is 39.1 Å². The topological polar surface area (TPSA) is 110 Å². The Hall–Kier alpha value is -1.99. The molecule has 1 saturated heterocycles. The number of carbonyl (C=O) groups excluding carboxylic acids is 1. The highest BCUT2D eigenvalue weighted by Crippen LogP contribution is 2.33. The van der Waals surface area contributed by atoms with Crippen LogP contribution < -0.4 is 5.32 Å². The zero-order valence-corrected chi connectivity index (χ0v) is 21.5. The van der Waals surface area contributed by atoms with Crippen LogP contribution in [-0.2, 0) is 24.2 Å². The average Bonchev–Trinajstić information content (AvgIpc) is 3.38. The molecule has 2 heterocycles. The number of nitrogens with one attached hydrogen (secondary N) is 1. The number of sulfone groups is 1. The highest BCUT2D eigenvalue weighted by atomic mass is 32.2. The molecule has 2 fully saturated rings. The lowest BCUT2D eigenvalue weighted by molar-refractivity contribution is -0.110. The van der Waals surface area contributed by atoms with Gasteiger partial charge in [0.1, 0.15) is 0 Å². The van der Waals surface area contributed by atoms with Gasteiger partial charge in [-0.25, -0.2) is 13.4 Å². The summed E-state index contributed by atoms with van der Waals surface area (Å²) in [7, 11) is 0.728. The minimum atomic E-state index is -3.31. The summed E-state index contributed by atoms with van der Waals surface area (Å²) in [5.41, 5.74) is 0.516. The summed E-state index contributed by atoms with van der Waals surface area (Å²) in [6.45, 7) is 1.94. The van der Waals surface area contributed by atoms with Crippen LogP contribution in [0.4, 0.5) is 5.13 Å². The molecule has 1 aliphatic carbocycles. The Morgan fingerprint density at radius 1 is 1.29 bits per heavy atom. The maximum Gasteiger partial charge on any atom is 0.280 e. The predicted molar refractivity (Wildman–Crippen MR) is 134 cm³/mol. The number of anilines is 1. The molecule has 34 heavy (non-hydrogen) atoms. The van der Waals surface area contributed by atoms with Gasteiger partial charge in [0.15, 0.2) is 26.8 Å². The number of hydrogen-bond acceptors (Lipinski definition) is 10. The Bertz CT molecular complexity index is 1120. The number of hydrogen-bond donors (Lipinski definition) is 1. The van der Waals surface area contributed by atoms with Crippen LogP contribution in [0.2, 0.25) is 0 Å². The van der Waals surface area contributed by atoms with E-state index in [1.807, 2.05) is 14.1 Å². The fourth-order valence-corrected chi connectivity index (χ4v) is 6.90. The molecule has 4 rings (SSSR count). The summed E-state index contributed by atoms with van der Waals surface area (Å²) in [5.74, 6) is 0.443. The molecule has 1 aliphatic heterocycles. The molecule has 0 bridgehead atoms. The van der Waals surface area contributed by atoms with Gasteiger partial charge in [0.25, 0.3) is 5.91 Å². The lowest BCUT2D eigenvalue weighted by Gasteiger charge is -2.10. The summed E-state index contributed by atoms with van der Waals surface area (Å²) in [6.07, 6.45) is 3.59. The van der Waals surface area contributed by atoms with E-state index in [4.69, 9.17) is 9.57 Å². The Labute approximate surface area is 207 Å². The van der Waals surface area contributed by atoms with Crippen LogP contribution in [0.5, 0.6) is 0 Å². The highest BCUT2D eigenvalue weighted by Gasteiger charge is 2.36. The van der Waals surface area contributed by atoms with Gasteiger partial charge in [-0.2, -0.15) is 0 Å². The lowest BCUT2D eigenvalue weighted by atomic mass is 10.1. The first kappa shape index (κ1) is 25.1. The molecule has 2 aliphatic rings. The van der Waals surface area contributed by atoms with Gasteiger partial charge in [-0.3, -0.25) is 10.1 Å². The van der Waals surface area contributed by atoms with E-state index in [0.29, 0.717) is 43.2 Å². The third-order valence-corrected chi connectivity index (χ3v) is 9.67. The van der Waals surface area contributed by atoms with Gasteiger partial charge in [-0.1, -0.05) is 28.6 Å². The Balaban J connectivity index is 1.48. The Morgan fingerprint density at radius 2 is 2.06 bits per heavy atom. The molecule has 2 aromatic rings. The first-order chi connectivity index (χ1) is 16.3. The van der Waals surface area contributed by atoms with Gasteiger partial charge in [0.05, 0.1) is 33.8 Å². The average molecular weight is 525 g/mol. The maximum absolute atomic E-state index is 13.1. The predicted octanol–water partition coefficient (Wildman–Crippen LogP) is 2.88. The second-order valence-electron chi connectivity index (χ2n) is 8.39. The second-order valence-corrected chi connectivity index (χ2v) is 13.0. The molecule has 0 unspecified atom stereocenters. The molecular weight excluding hydrogens is 496 g/mol. The van der Waals surface area contributed by atoms with Gasteiger partial charge in [0.2, 0.25) is 0 Å². The molecule has 1 atom stereocenters. The number of aromatic nitrogens is 1. The van der Waals surface area contributed by atoms with Gasteiger partial charge >= 0.3 is 0 Å². The number of amides is 1. The van der Waals surface area contributed by atoms with Crippen LogP contribution in [0.3, 0.4) is 0 Å². The zero-order valence-electron chi connectivity index (χ0n) is 19.1. The molecular formula is C22H28N4O5S3. The van der Waals surface area contributed by atoms with E-state index in [2.05, 4.69) is 20.4 Å². The van der Waals surface area contributed by atoms with Crippen molar-refractivity contribution >= 4 is 49.7 Å². The number of benzene rings is 1. The minimum absolute atomic E-state index is 0.0549. The molecule has 1 saturated carbocycles. The fourth-order valence-electron chi connectivity index (χ4n) is 3.19. The third kappa shape index (κ3) is 6.57. The first-order valence-electron chi connectivity index (χ1n) is 11.0. The van der Waals surface area contributed by atoms with E-state index in [1.165, 1.54) is 23.5 Å². The van der Waals surface area contributed by atoms with Gasteiger partial charge in [0, 0.05) is 24.3 Å². The zero-order chi connectivity index (χ0) is 24.1. The summed E-state index contributed by atoms with van der Waals surface area (Å²) in [6, 6.07) is 6.22. The van der Waals surface area contributed by atoms with Crippen LogP contribution in [0, 0.1) is 0 Å². The van der Waals surface area contributed by atoms with Gasteiger partial charge < -0.3 is 14.5 Å². The fraction of sp³-hybridized carbons (Fsp3) is 0.500. The van der Waals surface area contributed by atoms with Crippen molar-refractivity contribution in [2.24, 2.45) is 5.16 Å². The normalized spacial score (nSPS) is 18.9. The molecule has 184 valence electrons. The first-order valence-corrected chi connectivity index (χ1v) is 14.4. The van der Waals surface area contributed by atoms with E-state index in [-0.39, 0.29) is 22.0 Å². The van der Waals surface area contributed by atoms with Gasteiger partial charge in [-0.15, -0.1) is 11.8 Å². The largest absolute Gasteiger partial charge is 0.389 e. The van der Waals surface area contributed by atoms with E-state index in [0.717, 1.165) is 16.5 Å². The molecule has 0 radical (unpaired) electrons. The van der Waals surface area contributed by atoms with Crippen molar-refractivity contribution in [3.63, 3.8) is 0 Å². The summed E-state index contributed by atoms with van der Waals surface area (Å²) in [5, 5.41) is 7.09.